The highest BCUT2D eigenvalue weighted by Gasteiger charge is 2.26. The molecule has 6 rings (SSSR count). The van der Waals surface area contributed by atoms with Gasteiger partial charge in [0.1, 0.15) is 23.0 Å². The quantitative estimate of drug-likeness (QED) is 0.159. The third-order valence-corrected chi connectivity index (χ3v) is 11.9. The zero-order valence-corrected chi connectivity index (χ0v) is 35.0. The third-order valence-electron chi connectivity index (χ3n) is 11.9. The molecule has 2 aliphatic carbocycles. The Bertz CT molecular complexity index is 1790. The highest BCUT2D eigenvalue weighted by atomic mass is 16.3. The van der Waals surface area contributed by atoms with Crippen molar-refractivity contribution in [2.75, 3.05) is 0 Å². The molecule has 0 aromatic heterocycles. The van der Waals surface area contributed by atoms with Gasteiger partial charge in [0.25, 0.3) is 0 Å². The molecule has 0 heterocycles. The molecule has 0 bridgehead atoms. The van der Waals surface area contributed by atoms with Gasteiger partial charge in [-0.15, -0.1) is 0 Å². The molecule has 0 spiro atoms. The van der Waals surface area contributed by atoms with Crippen molar-refractivity contribution in [2.45, 2.75) is 169 Å². The molecule has 0 radical (unpaired) electrons. The number of rotatable bonds is 6. The number of aromatic hydroxyl groups is 4. The fraction of sp³-hybridized carbons (Fsp3) is 0.520. The van der Waals surface area contributed by atoms with Crippen LogP contribution in [0.15, 0.2) is 48.5 Å². The Kier molecular flexibility index (Phi) is 12.9. The lowest BCUT2D eigenvalue weighted by atomic mass is 9.81. The lowest BCUT2D eigenvalue weighted by molar-refractivity contribution is 0.408. The molecular weight excluding hydrogens is 665 g/mol. The van der Waals surface area contributed by atoms with E-state index in [0.717, 1.165) is 55.6 Å². The van der Waals surface area contributed by atoms with Crippen LogP contribution in [0, 0.1) is 27.7 Å². The van der Waals surface area contributed by atoms with Crippen molar-refractivity contribution in [3.8, 4) is 23.0 Å². The Morgan fingerprint density at radius 1 is 0.407 bits per heavy atom. The predicted octanol–water partition coefficient (Wildman–Crippen LogP) is 13.3. The maximum atomic E-state index is 11.1. The molecule has 4 N–H and O–H groups in total. The highest BCUT2D eigenvalue weighted by Crippen LogP contribution is 2.44. The van der Waals surface area contributed by atoms with Gasteiger partial charge < -0.3 is 20.4 Å². The molecule has 292 valence electrons. The van der Waals surface area contributed by atoms with Crippen LogP contribution in [0.3, 0.4) is 0 Å². The summed E-state index contributed by atoms with van der Waals surface area (Å²) in [5.41, 5.74) is 12.2. The first kappa shape index (κ1) is 41.2. The van der Waals surface area contributed by atoms with E-state index in [1.165, 1.54) is 75.3 Å². The second kappa shape index (κ2) is 16.8. The molecule has 4 aromatic carbocycles. The molecule has 2 saturated carbocycles. The fourth-order valence-electron chi connectivity index (χ4n) is 9.02. The van der Waals surface area contributed by atoms with E-state index >= 15 is 0 Å². The first-order valence-corrected chi connectivity index (χ1v) is 20.6. The molecule has 0 amide bonds. The average molecular weight is 733 g/mol. The van der Waals surface area contributed by atoms with E-state index in [1.54, 1.807) is 0 Å². The van der Waals surface area contributed by atoms with Crippen LogP contribution in [0.4, 0.5) is 0 Å². The molecule has 2 aliphatic rings. The number of phenols is 4. The number of hydrogen-bond donors (Lipinski definition) is 4. The standard InChI is InChI=1S/C27H36O2.C23H32O2/c1-18-13-22(26(28)24(15-18)20-9-5-3-6-10-20)17-23-14-19(2)16-25(27(23)29)21-11-7-4-8-12-21;1-14-9-16(20(24)18(11-14)22(3,4)5)13-17-10-15(2)12-19(21(17)25)23(6,7)8/h13-16,20-21,28-29H,3-12,17H2,1-2H3;9-12,24-25H,13H2,1-8H3. The van der Waals surface area contributed by atoms with Gasteiger partial charge in [0.2, 0.25) is 0 Å². The summed E-state index contributed by atoms with van der Waals surface area (Å²) in [5, 5.41) is 43.9. The van der Waals surface area contributed by atoms with Gasteiger partial charge in [-0.05, 0) is 121 Å². The van der Waals surface area contributed by atoms with Crippen molar-refractivity contribution in [1.82, 2.24) is 0 Å². The normalized spacial score (nSPS) is 15.9. The molecule has 4 heteroatoms. The Balaban J connectivity index is 0.000000210. The second-order valence-corrected chi connectivity index (χ2v) is 18.9. The summed E-state index contributed by atoms with van der Waals surface area (Å²) < 4.78 is 0. The summed E-state index contributed by atoms with van der Waals surface area (Å²) in [7, 11) is 0. The van der Waals surface area contributed by atoms with Crippen LogP contribution in [-0.4, -0.2) is 20.4 Å². The maximum absolute atomic E-state index is 11.1. The van der Waals surface area contributed by atoms with Crippen LogP contribution in [0.5, 0.6) is 23.0 Å². The summed E-state index contributed by atoms with van der Waals surface area (Å²) in [6, 6.07) is 16.7. The Morgan fingerprint density at radius 2 is 0.685 bits per heavy atom. The fourth-order valence-corrected chi connectivity index (χ4v) is 9.02. The van der Waals surface area contributed by atoms with Crippen molar-refractivity contribution in [1.29, 1.82) is 0 Å². The van der Waals surface area contributed by atoms with Gasteiger partial charge in [-0.25, -0.2) is 0 Å². The van der Waals surface area contributed by atoms with Crippen LogP contribution in [-0.2, 0) is 23.7 Å². The van der Waals surface area contributed by atoms with Gasteiger partial charge in [0, 0.05) is 12.8 Å². The molecule has 0 unspecified atom stereocenters. The summed E-state index contributed by atoms with van der Waals surface area (Å²) in [6.07, 6.45) is 13.5. The second-order valence-electron chi connectivity index (χ2n) is 18.9. The summed E-state index contributed by atoms with van der Waals surface area (Å²) in [6.45, 7) is 21.0. The molecular formula is C50H68O4. The molecule has 4 nitrogen and oxygen atoms in total. The van der Waals surface area contributed by atoms with Crippen LogP contribution < -0.4 is 0 Å². The number of phenolic OH excluding ortho intramolecular Hbond substituents is 4. The Hall–Kier alpha value is -3.92. The molecule has 0 aliphatic heterocycles. The zero-order chi connectivity index (χ0) is 39.5. The Labute approximate surface area is 326 Å². The lowest BCUT2D eigenvalue weighted by Crippen LogP contribution is -2.14. The van der Waals surface area contributed by atoms with Crippen LogP contribution in [0.2, 0.25) is 0 Å². The average Bonchev–Trinajstić information content (AvgIpc) is 3.10. The van der Waals surface area contributed by atoms with Crippen molar-refractivity contribution in [2.24, 2.45) is 0 Å². The Morgan fingerprint density at radius 3 is 0.981 bits per heavy atom. The van der Waals surface area contributed by atoms with Gasteiger partial charge in [0.05, 0.1) is 0 Å². The van der Waals surface area contributed by atoms with Crippen LogP contribution in [0.25, 0.3) is 0 Å². The minimum absolute atomic E-state index is 0.129. The van der Waals surface area contributed by atoms with E-state index in [0.29, 0.717) is 47.7 Å². The summed E-state index contributed by atoms with van der Waals surface area (Å²) >= 11 is 0. The number of aryl methyl sites for hydroxylation is 4. The summed E-state index contributed by atoms with van der Waals surface area (Å²) in [4.78, 5) is 0. The highest BCUT2D eigenvalue weighted by molar-refractivity contribution is 5.54. The van der Waals surface area contributed by atoms with Crippen molar-refractivity contribution >= 4 is 0 Å². The zero-order valence-electron chi connectivity index (χ0n) is 35.0. The van der Waals surface area contributed by atoms with Crippen molar-refractivity contribution < 1.29 is 20.4 Å². The van der Waals surface area contributed by atoms with Gasteiger partial charge >= 0.3 is 0 Å². The molecule has 54 heavy (non-hydrogen) atoms. The van der Waals surface area contributed by atoms with Crippen molar-refractivity contribution in [3.63, 3.8) is 0 Å². The smallest absolute Gasteiger partial charge is 0.122 e. The molecule has 0 atom stereocenters. The topological polar surface area (TPSA) is 80.9 Å². The van der Waals surface area contributed by atoms with Crippen LogP contribution in [0.1, 0.15) is 184 Å². The number of hydrogen-bond acceptors (Lipinski definition) is 4. The summed E-state index contributed by atoms with van der Waals surface area (Å²) in [5.74, 6) is 2.57. The molecule has 0 saturated heterocycles. The van der Waals surface area contributed by atoms with E-state index in [4.69, 9.17) is 0 Å². The minimum atomic E-state index is -0.129. The maximum Gasteiger partial charge on any atom is 0.122 e. The van der Waals surface area contributed by atoms with Gasteiger partial charge in [0.15, 0.2) is 0 Å². The van der Waals surface area contributed by atoms with E-state index < -0.39 is 0 Å². The predicted molar refractivity (Wildman–Crippen MR) is 226 cm³/mol. The molecule has 4 aromatic rings. The largest absolute Gasteiger partial charge is 0.507 e. The van der Waals surface area contributed by atoms with Crippen molar-refractivity contribution in [3.05, 3.63) is 115 Å². The van der Waals surface area contributed by atoms with Gasteiger partial charge in [-0.2, -0.15) is 0 Å². The number of benzene rings is 4. The van der Waals surface area contributed by atoms with E-state index in [-0.39, 0.29) is 10.8 Å². The monoisotopic (exact) mass is 733 g/mol. The third kappa shape index (κ3) is 9.84. The van der Waals surface area contributed by atoms with Gasteiger partial charge in [-0.3, -0.25) is 0 Å². The van der Waals surface area contributed by atoms with E-state index in [1.807, 2.05) is 12.1 Å². The first-order valence-electron chi connectivity index (χ1n) is 20.6. The molecule has 2 fully saturated rings. The van der Waals surface area contributed by atoms with E-state index in [2.05, 4.69) is 106 Å². The first-order chi connectivity index (χ1) is 25.3. The van der Waals surface area contributed by atoms with Crippen LogP contribution >= 0.6 is 0 Å². The van der Waals surface area contributed by atoms with E-state index in [9.17, 15) is 20.4 Å². The lowest BCUT2D eigenvalue weighted by Gasteiger charge is -2.25. The SMILES string of the molecule is Cc1cc(Cc2cc(C)cc(C(C)(C)C)c2O)c(O)c(C(C)(C)C)c1.Cc1cc(Cc2cc(C)cc(C3CCCCC3)c2O)c(O)c(C2CCCCC2)c1. The van der Waals surface area contributed by atoms with Gasteiger partial charge in [-0.1, -0.05) is 151 Å². The minimum Gasteiger partial charge on any atom is -0.507 e.